The largest absolute Gasteiger partial charge is 0.493 e. The average Bonchev–Trinajstić information content (AvgIpc) is 2.37. The number of carbonyl (C=O) groups is 1. The van der Waals surface area contributed by atoms with E-state index in [2.05, 4.69) is 15.9 Å². The first-order chi connectivity index (χ1) is 9.33. The van der Waals surface area contributed by atoms with Crippen molar-refractivity contribution in [2.24, 2.45) is 0 Å². The minimum Gasteiger partial charge on any atom is -0.493 e. The maximum absolute atomic E-state index is 12.7. The van der Waals surface area contributed by atoms with Crippen LogP contribution in [-0.2, 0) is 0 Å². The molecule has 0 fully saturated rings. The summed E-state index contributed by atoms with van der Waals surface area (Å²) in [5.74, 6) is 1.12. The van der Waals surface area contributed by atoms with Gasteiger partial charge >= 0.3 is 0 Å². The summed E-state index contributed by atoms with van der Waals surface area (Å²) in [6, 6.07) is 3.72. The smallest absolute Gasteiger partial charge is 0.255 e. The molecule has 0 aliphatic carbocycles. The Balaban J connectivity index is 3.28. The number of hydrogen-bond donors (Lipinski definition) is 0. The summed E-state index contributed by atoms with van der Waals surface area (Å²) in [6.07, 6.45) is 0. The monoisotopic (exact) mass is 343 g/mol. The zero-order chi connectivity index (χ0) is 15.4. The minimum atomic E-state index is -0.0252. The molecule has 0 bridgehead atoms. The summed E-state index contributed by atoms with van der Waals surface area (Å²) in [7, 11) is 3.13. The van der Waals surface area contributed by atoms with Crippen LogP contribution < -0.4 is 9.47 Å². The van der Waals surface area contributed by atoms with E-state index in [-0.39, 0.29) is 18.0 Å². The lowest BCUT2D eigenvalue weighted by Crippen LogP contribution is -2.42. The van der Waals surface area contributed by atoms with Crippen LogP contribution in [0.2, 0.25) is 0 Å². The van der Waals surface area contributed by atoms with Crippen LogP contribution >= 0.6 is 15.9 Å². The Labute approximate surface area is 129 Å². The lowest BCUT2D eigenvalue weighted by atomic mass is 10.1. The number of halogens is 1. The second-order valence-electron chi connectivity index (χ2n) is 5.09. The molecule has 0 aliphatic heterocycles. The van der Waals surface area contributed by atoms with Crippen molar-refractivity contribution in [3.63, 3.8) is 0 Å². The first-order valence-corrected chi connectivity index (χ1v) is 7.36. The molecular weight excluding hydrogens is 322 g/mol. The standard InChI is InChI=1S/C15H22BrNO3/c1-9(2)17(10(3)4)15(18)11-7-13(19-5)14(20-6)8-12(11)16/h7-10H,1-6H3. The molecular formula is C15H22BrNO3. The fourth-order valence-corrected chi connectivity index (χ4v) is 2.71. The van der Waals surface area contributed by atoms with Gasteiger partial charge < -0.3 is 14.4 Å². The predicted molar refractivity (Wildman–Crippen MR) is 83.7 cm³/mol. The summed E-state index contributed by atoms with van der Waals surface area (Å²) >= 11 is 3.44. The number of amides is 1. The average molecular weight is 344 g/mol. The highest BCUT2D eigenvalue weighted by Crippen LogP contribution is 2.34. The molecule has 112 valence electrons. The van der Waals surface area contributed by atoms with Gasteiger partial charge in [0, 0.05) is 16.6 Å². The molecule has 0 atom stereocenters. The van der Waals surface area contributed by atoms with E-state index in [1.165, 1.54) is 0 Å². The quantitative estimate of drug-likeness (QED) is 0.817. The zero-order valence-corrected chi connectivity index (χ0v) is 14.4. The molecule has 0 spiro atoms. The first-order valence-electron chi connectivity index (χ1n) is 6.57. The van der Waals surface area contributed by atoms with Crippen molar-refractivity contribution in [3.05, 3.63) is 22.2 Å². The Morgan fingerprint density at radius 1 is 1.05 bits per heavy atom. The van der Waals surface area contributed by atoms with E-state index in [1.54, 1.807) is 26.4 Å². The molecule has 1 rings (SSSR count). The summed E-state index contributed by atoms with van der Waals surface area (Å²) in [5, 5.41) is 0. The minimum absolute atomic E-state index is 0.0252. The van der Waals surface area contributed by atoms with Crippen LogP contribution in [0.3, 0.4) is 0 Å². The molecule has 0 aromatic heterocycles. The molecule has 0 saturated carbocycles. The maximum atomic E-state index is 12.7. The number of rotatable bonds is 5. The van der Waals surface area contributed by atoms with E-state index in [0.29, 0.717) is 21.5 Å². The van der Waals surface area contributed by atoms with Gasteiger partial charge in [-0.1, -0.05) is 0 Å². The third kappa shape index (κ3) is 3.45. The van der Waals surface area contributed by atoms with Gasteiger partial charge in [-0.15, -0.1) is 0 Å². The lowest BCUT2D eigenvalue weighted by Gasteiger charge is -2.31. The number of hydrogen-bond acceptors (Lipinski definition) is 3. The normalized spacial score (nSPS) is 10.8. The van der Waals surface area contributed by atoms with Crippen molar-refractivity contribution in [2.75, 3.05) is 14.2 Å². The Bertz CT molecular complexity index is 478. The molecule has 20 heavy (non-hydrogen) atoms. The third-order valence-electron chi connectivity index (χ3n) is 3.05. The van der Waals surface area contributed by atoms with Gasteiger partial charge in [0.15, 0.2) is 11.5 Å². The van der Waals surface area contributed by atoms with Gasteiger partial charge in [-0.2, -0.15) is 0 Å². The van der Waals surface area contributed by atoms with Crippen molar-refractivity contribution in [3.8, 4) is 11.5 Å². The third-order valence-corrected chi connectivity index (χ3v) is 3.71. The fourth-order valence-electron chi connectivity index (χ4n) is 2.22. The SMILES string of the molecule is COc1cc(Br)c(C(=O)N(C(C)C)C(C)C)cc1OC. The van der Waals surface area contributed by atoms with E-state index in [9.17, 15) is 4.79 Å². The Morgan fingerprint density at radius 3 is 1.90 bits per heavy atom. The fraction of sp³-hybridized carbons (Fsp3) is 0.533. The second kappa shape index (κ2) is 6.97. The molecule has 0 unspecified atom stereocenters. The number of nitrogens with zero attached hydrogens (tertiary/aromatic N) is 1. The molecule has 1 amide bonds. The molecule has 1 aromatic rings. The molecule has 0 saturated heterocycles. The molecule has 0 N–H and O–H groups in total. The second-order valence-corrected chi connectivity index (χ2v) is 5.94. The van der Waals surface area contributed by atoms with Crippen LogP contribution in [0.5, 0.6) is 11.5 Å². The summed E-state index contributed by atoms with van der Waals surface area (Å²) < 4.78 is 11.2. The number of benzene rings is 1. The first kappa shape index (κ1) is 16.8. The number of methoxy groups -OCH3 is 2. The van der Waals surface area contributed by atoms with E-state index in [4.69, 9.17) is 9.47 Å². The van der Waals surface area contributed by atoms with Gasteiger partial charge in [0.1, 0.15) is 0 Å². The van der Waals surface area contributed by atoms with Crippen molar-refractivity contribution in [1.82, 2.24) is 4.90 Å². The Hall–Kier alpha value is -1.23. The van der Waals surface area contributed by atoms with Gasteiger partial charge in [0.05, 0.1) is 19.8 Å². The highest BCUT2D eigenvalue weighted by Gasteiger charge is 2.24. The molecule has 4 nitrogen and oxygen atoms in total. The van der Waals surface area contributed by atoms with Gasteiger partial charge in [-0.05, 0) is 55.8 Å². The topological polar surface area (TPSA) is 38.8 Å². The Morgan fingerprint density at radius 2 is 1.50 bits per heavy atom. The summed E-state index contributed by atoms with van der Waals surface area (Å²) in [4.78, 5) is 14.6. The van der Waals surface area contributed by atoms with Crippen LogP contribution in [-0.4, -0.2) is 37.1 Å². The molecule has 5 heteroatoms. The van der Waals surface area contributed by atoms with Gasteiger partial charge in [0.25, 0.3) is 5.91 Å². The molecule has 1 aromatic carbocycles. The highest BCUT2D eigenvalue weighted by molar-refractivity contribution is 9.10. The molecule has 0 radical (unpaired) electrons. The number of ether oxygens (including phenoxy) is 2. The van der Waals surface area contributed by atoms with Gasteiger partial charge in [-0.3, -0.25) is 4.79 Å². The van der Waals surface area contributed by atoms with Gasteiger partial charge in [0.2, 0.25) is 0 Å². The van der Waals surface area contributed by atoms with E-state index in [0.717, 1.165) is 0 Å². The maximum Gasteiger partial charge on any atom is 0.255 e. The van der Waals surface area contributed by atoms with Crippen molar-refractivity contribution in [1.29, 1.82) is 0 Å². The van der Waals surface area contributed by atoms with Crippen molar-refractivity contribution in [2.45, 2.75) is 39.8 Å². The summed E-state index contributed by atoms with van der Waals surface area (Å²) in [6.45, 7) is 8.03. The van der Waals surface area contributed by atoms with Crippen LogP contribution in [0.1, 0.15) is 38.1 Å². The van der Waals surface area contributed by atoms with Gasteiger partial charge in [-0.25, -0.2) is 0 Å². The van der Waals surface area contributed by atoms with Crippen molar-refractivity contribution < 1.29 is 14.3 Å². The zero-order valence-electron chi connectivity index (χ0n) is 12.9. The number of carbonyl (C=O) groups excluding carboxylic acids is 1. The molecule has 0 heterocycles. The highest BCUT2D eigenvalue weighted by atomic mass is 79.9. The van der Waals surface area contributed by atoms with Crippen LogP contribution in [0.4, 0.5) is 0 Å². The van der Waals surface area contributed by atoms with Crippen molar-refractivity contribution >= 4 is 21.8 Å². The molecule has 0 aliphatic rings. The lowest BCUT2D eigenvalue weighted by molar-refractivity contribution is 0.0642. The van der Waals surface area contributed by atoms with E-state index in [1.807, 2.05) is 32.6 Å². The summed E-state index contributed by atoms with van der Waals surface area (Å²) in [5.41, 5.74) is 0.574. The van der Waals surface area contributed by atoms with Crippen LogP contribution in [0, 0.1) is 0 Å². The predicted octanol–water partition coefficient (Wildman–Crippen LogP) is 3.73. The van der Waals surface area contributed by atoms with Crippen LogP contribution in [0.15, 0.2) is 16.6 Å². The Kier molecular flexibility index (Phi) is 5.87. The van der Waals surface area contributed by atoms with Crippen LogP contribution in [0.25, 0.3) is 0 Å². The van der Waals surface area contributed by atoms with E-state index < -0.39 is 0 Å². The van der Waals surface area contributed by atoms with E-state index >= 15 is 0 Å².